The first kappa shape index (κ1) is 16.0. The molecule has 0 N–H and O–H groups in total. The average Bonchev–Trinajstić information content (AvgIpc) is 3.16. The molecule has 0 spiro atoms. The molecule has 0 unspecified atom stereocenters. The predicted octanol–water partition coefficient (Wildman–Crippen LogP) is 0.820. The fourth-order valence-corrected chi connectivity index (χ4v) is 4.07. The lowest BCUT2D eigenvalue weighted by Gasteiger charge is -2.26. The molecular formula is C14H20N6O2S. The van der Waals surface area contributed by atoms with Crippen LogP contribution in [0.1, 0.15) is 24.6 Å². The molecule has 2 aromatic heterocycles. The fourth-order valence-electron chi connectivity index (χ4n) is 2.76. The van der Waals surface area contributed by atoms with Crippen LogP contribution >= 0.6 is 0 Å². The van der Waals surface area contributed by atoms with Crippen LogP contribution in [0.5, 0.6) is 0 Å². The Balaban J connectivity index is 1.89. The molecule has 0 bridgehead atoms. The van der Waals surface area contributed by atoms with Crippen LogP contribution in [0.3, 0.4) is 0 Å². The third-order valence-corrected chi connectivity index (χ3v) is 5.98. The molecule has 3 rings (SSSR count). The molecule has 124 valence electrons. The normalized spacial score (nSPS) is 19.6. The van der Waals surface area contributed by atoms with E-state index in [9.17, 15) is 8.42 Å². The van der Waals surface area contributed by atoms with Crippen molar-refractivity contribution in [3.8, 4) is 11.5 Å². The van der Waals surface area contributed by atoms with Gasteiger partial charge in [0.15, 0.2) is 5.82 Å². The van der Waals surface area contributed by atoms with E-state index in [-0.39, 0.29) is 6.04 Å². The monoisotopic (exact) mass is 336 g/mol. The molecule has 9 heteroatoms. The van der Waals surface area contributed by atoms with Crippen molar-refractivity contribution in [1.82, 2.24) is 28.1 Å². The van der Waals surface area contributed by atoms with Gasteiger partial charge in [-0.1, -0.05) is 0 Å². The molecule has 0 aromatic carbocycles. The fraction of sp³-hybridized carbons (Fsp3) is 0.500. The third kappa shape index (κ3) is 2.87. The minimum Gasteiger partial charge on any atom is -0.333 e. The Bertz CT molecular complexity index is 784. The van der Waals surface area contributed by atoms with Crippen LogP contribution in [-0.2, 0) is 17.3 Å². The minimum absolute atomic E-state index is 0.259. The maximum absolute atomic E-state index is 12.4. The van der Waals surface area contributed by atoms with Crippen molar-refractivity contribution in [2.75, 3.05) is 20.6 Å². The Morgan fingerprint density at radius 1 is 1.22 bits per heavy atom. The first-order chi connectivity index (χ1) is 10.9. The topological polar surface area (TPSA) is 84.2 Å². The molecule has 1 aliphatic rings. The van der Waals surface area contributed by atoms with Crippen molar-refractivity contribution in [3.63, 3.8) is 0 Å². The Labute approximate surface area is 136 Å². The van der Waals surface area contributed by atoms with Crippen LogP contribution in [0.15, 0.2) is 24.8 Å². The van der Waals surface area contributed by atoms with E-state index in [4.69, 9.17) is 0 Å². The van der Waals surface area contributed by atoms with Crippen molar-refractivity contribution in [1.29, 1.82) is 0 Å². The molecule has 1 saturated heterocycles. The van der Waals surface area contributed by atoms with E-state index in [1.165, 1.54) is 8.61 Å². The summed E-state index contributed by atoms with van der Waals surface area (Å²) in [5.41, 5.74) is 1.34. The van der Waals surface area contributed by atoms with Crippen LogP contribution < -0.4 is 0 Å². The smallest absolute Gasteiger partial charge is 0.282 e. The second-order valence-electron chi connectivity index (χ2n) is 5.75. The zero-order valence-electron chi connectivity index (χ0n) is 13.4. The molecule has 8 nitrogen and oxygen atoms in total. The summed E-state index contributed by atoms with van der Waals surface area (Å²) in [5.74, 6) is 0.730. The summed E-state index contributed by atoms with van der Waals surface area (Å²) in [6.45, 7) is 0.508. The number of imidazole rings is 1. The Kier molecular flexibility index (Phi) is 4.17. The van der Waals surface area contributed by atoms with Crippen molar-refractivity contribution in [3.05, 3.63) is 30.5 Å². The van der Waals surface area contributed by atoms with Gasteiger partial charge >= 0.3 is 0 Å². The van der Waals surface area contributed by atoms with Crippen LogP contribution in [0.2, 0.25) is 0 Å². The van der Waals surface area contributed by atoms with E-state index in [1.54, 1.807) is 32.7 Å². The first-order valence-electron chi connectivity index (χ1n) is 7.40. The third-order valence-electron chi connectivity index (χ3n) is 4.02. The highest BCUT2D eigenvalue weighted by Gasteiger charge is 2.37. The quantitative estimate of drug-likeness (QED) is 0.825. The lowest BCUT2D eigenvalue weighted by Crippen LogP contribution is -2.39. The number of aromatic nitrogens is 4. The summed E-state index contributed by atoms with van der Waals surface area (Å²) < 4.78 is 29.4. The van der Waals surface area contributed by atoms with Gasteiger partial charge in [-0.15, -0.1) is 0 Å². The maximum Gasteiger partial charge on any atom is 0.282 e. The van der Waals surface area contributed by atoms with Gasteiger partial charge in [0.25, 0.3) is 10.2 Å². The van der Waals surface area contributed by atoms with Crippen molar-refractivity contribution in [2.45, 2.75) is 18.9 Å². The van der Waals surface area contributed by atoms with E-state index < -0.39 is 10.2 Å². The molecule has 0 amide bonds. The zero-order chi connectivity index (χ0) is 16.6. The summed E-state index contributed by atoms with van der Waals surface area (Å²) >= 11 is 0. The van der Waals surface area contributed by atoms with E-state index in [0.717, 1.165) is 18.7 Å². The molecule has 1 aliphatic heterocycles. The number of hydrogen-bond donors (Lipinski definition) is 0. The van der Waals surface area contributed by atoms with Gasteiger partial charge in [-0.05, 0) is 12.8 Å². The lowest BCUT2D eigenvalue weighted by molar-refractivity contribution is 0.357. The minimum atomic E-state index is -3.45. The average molecular weight is 336 g/mol. The molecule has 2 aromatic rings. The van der Waals surface area contributed by atoms with Gasteiger partial charge < -0.3 is 4.57 Å². The highest BCUT2D eigenvalue weighted by molar-refractivity contribution is 7.86. The summed E-state index contributed by atoms with van der Waals surface area (Å²) in [4.78, 5) is 13.1. The summed E-state index contributed by atoms with van der Waals surface area (Å²) in [5, 5.41) is 0. The van der Waals surface area contributed by atoms with Crippen LogP contribution in [0.4, 0.5) is 0 Å². The highest BCUT2D eigenvalue weighted by atomic mass is 32.2. The largest absolute Gasteiger partial charge is 0.333 e. The molecule has 1 atom stereocenters. The van der Waals surface area contributed by atoms with Gasteiger partial charge in [-0.2, -0.15) is 17.0 Å². The Hall–Kier alpha value is -1.84. The molecule has 0 aliphatic carbocycles. The molecule has 3 heterocycles. The summed E-state index contributed by atoms with van der Waals surface area (Å²) in [6, 6.07) is -0.259. The molecule has 0 radical (unpaired) electrons. The number of nitrogens with zero attached hydrogens (tertiary/aromatic N) is 6. The lowest BCUT2D eigenvalue weighted by atomic mass is 10.2. The summed E-state index contributed by atoms with van der Waals surface area (Å²) in [6.07, 6.45) is 8.42. The molecule has 23 heavy (non-hydrogen) atoms. The van der Waals surface area contributed by atoms with Crippen LogP contribution in [0.25, 0.3) is 11.5 Å². The van der Waals surface area contributed by atoms with Crippen molar-refractivity contribution in [2.24, 2.45) is 7.05 Å². The molecule has 1 fully saturated rings. The number of rotatable bonds is 4. The molecule has 0 saturated carbocycles. The zero-order valence-corrected chi connectivity index (χ0v) is 14.2. The van der Waals surface area contributed by atoms with E-state index in [1.807, 2.05) is 17.8 Å². The number of aryl methyl sites for hydroxylation is 1. The van der Waals surface area contributed by atoms with E-state index >= 15 is 0 Å². The number of hydrogen-bond acceptors (Lipinski definition) is 5. The van der Waals surface area contributed by atoms with Gasteiger partial charge in [0, 0.05) is 40.1 Å². The second-order valence-corrected chi connectivity index (χ2v) is 7.84. The SMILES string of the molecule is CN(C)S(=O)(=O)N1CCC[C@H]1c1cnc(-c2nccn2C)cn1. The van der Waals surface area contributed by atoms with E-state index in [2.05, 4.69) is 15.0 Å². The van der Waals surface area contributed by atoms with Gasteiger partial charge in [0.2, 0.25) is 0 Å². The summed E-state index contributed by atoms with van der Waals surface area (Å²) in [7, 11) is 1.52. The van der Waals surface area contributed by atoms with Gasteiger partial charge in [0.1, 0.15) is 5.69 Å². The predicted molar refractivity (Wildman–Crippen MR) is 85.5 cm³/mol. The highest BCUT2D eigenvalue weighted by Crippen LogP contribution is 2.33. The van der Waals surface area contributed by atoms with Gasteiger partial charge in [-0.3, -0.25) is 4.98 Å². The van der Waals surface area contributed by atoms with Gasteiger partial charge in [0.05, 0.1) is 24.1 Å². The first-order valence-corrected chi connectivity index (χ1v) is 8.80. The van der Waals surface area contributed by atoms with Gasteiger partial charge in [-0.25, -0.2) is 9.97 Å². The maximum atomic E-state index is 12.4. The molecular weight excluding hydrogens is 316 g/mol. The Morgan fingerprint density at radius 2 is 2.00 bits per heavy atom. The van der Waals surface area contributed by atoms with Crippen LogP contribution in [0, 0.1) is 0 Å². The van der Waals surface area contributed by atoms with Crippen molar-refractivity contribution < 1.29 is 8.42 Å². The second kappa shape index (κ2) is 5.99. The standard InChI is InChI=1S/C14H20N6O2S/c1-18(2)23(21,22)20-7-4-5-13(20)11-9-17-12(10-16-11)14-15-6-8-19(14)3/h6,8-10,13H,4-5,7H2,1-3H3/t13-/m0/s1. The Morgan fingerprint density at radius 3 is 2.57 bits per heavy atom. The van der Waals surface area contributed by atoms with Crippen LogP contribution in [-0.4, -0.2) is 57.2 Å². The van der Waals surface area contributed by atoms with Crippen molar-refractivity contribution >= 4 is 10.2 Å². The van der Waals surface area contributed by atoms with E-state index in [0.29, 0.717) is 17.9 Å².